The zero-order valence-corrected chi connectivity index (χ0v) is 14.0. The number of phenolic OH excluding ortho intramolecular Hbond substituents is 1. The third kappa shape index (κ3) is 3.81. The van der Waals surface area contributed by atoms with Crippen molar-refractivity contribution in [3.8, 4) is 23.0 Å². The van der Waals surface area contributed by atoms with E-state index < -0.39 is 6.03 Å². The number of phenols is 1. The monoisotopic (exact) mass is 332 g/mol. The van der Waals surface area contributed by atoms with Crippen LogP contribution in [0.2, 0.25) is 0 Å². The standard InChI is InChI=1S/C17H20N2O5/c1-10-7-12(20)5-6-13(10)19-17(21)18-11-8-14(22-2)16(24-4)15(9-11)23-3/h5-9,20H,1-4H3,(H2,18,19,21). The van der Waals surface area contributed by atoms with Gasteiger partial charge in [-0.3, -0.25) is 0 Å². The van der Waals surface area contributed by atoms with Crippen molar-refractivity contribution < 1.29 is 24.1 Å². The Morgan fingerprint density at radius 3 is 2.08 bits per heavy atom. The predicted octanol–water partition coefficient (Wildman–Crippen LogP) is 3.37. The fourth-order valence-corrected chi connectivity index (χ4v) is 2.23. The van der Waals surface area contributed by atoms with Crippen LogP contribution in [-0.4, -0.2) is 32.5 Å². The van der Waals surface area contributed by atoms with E-state index in [1.165, 1.54) is 27.4 Å². The Morgan fingerprint density at radius 2 is 1.58 bits per heavy atom. The van der Waals surface area contributed by atoms with Crippen LogP contribution in [0.1, 0.15) is 5.56 Å². The van der Waals surface area contributed by atoms with E-state index >= 15 is 0 Å². The molecule has 0 heterocycles. The topological polar surface area (TPSA) is 89.1 Å². The van der Waals surface area contributed by atoms with Crippen LogP contribution in [0.5, 0.6) is 23.0 Å². The molecule has 0 aliphatic carbocycles. The van der Waals surface area contributed by atoms with E-state index in [4.69, 9.17) is 14.2 Å². The van der Waals surface area contributed by atoms with Crippen molar-refractivity contribution in [1.82, 2.24) is 0 Å². The maximum Gasteiger partial charge on any atom is 0.323 e. The summed E-state index contributed by atoms with van der Waals surface area (Å²) in [5.41, 5.74) is 1.83. The first-order valence-electron chi connectivity index (χ1n) is 7.16. The van der Waals surface area contributed by atoms with E-state index in [9.17, 15) is 9.90 Å². The van der Waals surface area contributed by atoms with Gasteiger partial charge in [-0.05, 0) is 30.7 Å². The van der Waals surface area contributed by atoms with Gasteiger partial charge in [0.25, 0.3) is 0 Å². The number of aromatic hydroxyl groups is 1. The van der Waals surface area contributed by atoms with Gasteiger partial charge in [0.15, 0.2) is 11.5 Å². The van der Waals surface area contributed by atoms with Gasteiger partial charge in [0, 0.05) is 17.8 Å². The number of benzene rings is 2. The molecule has 0 saturated carbocycles. The van der Waals surface area contributed by atoms with E-state index in [1.54, 1.807) is 31.2 Å². The van der Waals surface area contributed by atoms with Gasteiger partial charge in [0.05, 0.1) is 27.0 Å². The first kappa shape index (κ1) is 17.3. The van der Waals surface area contributed by atoms with Crippen molar-refractivity contribution in [3.05, 3.63) is 35.9 Å². The van der Waals surface area contributed by atoms with Gasteiger partial charge < -0.3 is 30.0 Å². The van der Waals surface area contributed by atoms with Crippen molar-refractivity contribution in [1.29, 1.82) is 0 Å². The molecule has 0 aliphatic heterocycles. The van der Waals surface area contributed by atoms with E-state index in [0.29, 0.717) is 28.6 Å². The second-order valence-electron chi connectivity index (χ2n) is 4.99. The van der Waals surface area contributed by atoms with Gasteiger partial charge in [-0.2, -0.15) is 0 Å². The molecule has 7 nitrogen and oxygen atoms in total. The van der Waals surface area contributed by atoms with E-state index in [1.807, 2.05) is 0 Å². The van der Waals surface area contributed by atoms with Crippen molar-refractivity contribution in [2.75, 3.05) is 32.0 Å². The zero-order chi connectivity index (χ0) is 17.7. The summed E-state index contributed by atoms with van der Waals surface area (Å²) >= 11 is 0. The fraction of sp³-hybridized carbons (Fsp3) is 0.235. The Labute approximate surface area is 140 Å². The molecule has 0 radical (unpaired) electrons. The molecule has 2 aromatic carbocycles. The van der Waals surface area contributed by atoms with Gasteiger partial charge in [0.1, 0.15) is 5.75 Å². The number of carbonyl (C=O) groups excluding carboxylic acids is 1. The number of ether oxygens (including phenoxy) is 3. The molecule has 0 aromatic heterocycles. The molecule has 7 heteroatoms. The van der Waals surface area contributed by atoms with Crippen molar-refractivity contribution in [3.63, 3.8) is 0 Å². The minimum atomic E-state index is -0.432. The van der Waals surface area contributed by atoms with Crippen LogP contribution in [0.4, 0.5) is 16.2 Å². The largest absolute Gasteiger partial charge is 0.508 e. The molecule has 2 rings (SSSR count). The first-order valence-corrected chi connectivity index (χ1v) is 7.16. The molecule has 0 fully saturated rings. The maximum absolute atomic E-state index is 12.2. The van der Waals surface area contributed by atoms with E-state index in [2.05, 4.69) is 10.6 Å². The highest BCUT2D eigenvalue weighted by atomic mass is 16.5. The van der Waals surface area contributed by atoms with Gasteiger partial charge in [-0.15, -0.1) is 0 Å². The third-order valence-corrected chi connectivity index (χ3v) is 3.38. The number of rotatable bonds is 5. The number of hydrogen-bond donors (Lipinski definition) is 3. The number of methoxy groups -OCH3 is 3. The molecular weight excluding hydrogens is 312 g/mol. The fourth-order valence-electron chi connectivity index (χ4n) is 2.23. The number of anilines is 2. The lowest BCUT2D eigenvalue weighted by atomic mass is 10.2. The van der Waals surface area contributed by atoms with Crippen LogP contribution in [0, 0.1) is 6.92 Å². The number of hydrogen-bond acceptors (Lipinski definition) is 5. The number of amides is 2. The van der Waals surface area contributed by atoms with Crippen LogP contribution < -0.4 is 24.8 Å². The number of carbonyl (C=O) groups is 1. The lowest BCUT2D eigenvalue weighted by Crippen LogP contribution is -2.20. The molecule has 0 unspecified atom stereocenters. The summed E-state index contributed by atoms with van der Waals surface area (Å²) in [7, 11) is 4.51. The SMILES string of the molecule is COc1cc(NC(=O)Nc2ccc(O)cc2C)cc(OC)c1OC. The molecule has 128 valence electrons. The molecular formula is C17H20N2O5. The summed E-state index contributed by atoms with van der Waals surface area (Å²) in [5, 5.41) is 14.8. The Hall–Kier alpha value is -3.09. The Balaban J connectivity index is 2.19. The van der Waals surface area contributed by atoms with E-state index in [0.717, 1.165) is 5.56 Å². The Morgan fingerprint density at radius 1 is 0.958 bits per heavy atom. The molecule has 0 atom stereocenters. The maximum atomic E-state index is 12.2. The normalized spacial score (nSPS) is 10.0. The Bertz CT molecular complexity index is 721. The van der Waals surface area contributed by atoms with E-state index in [-0.39, 0.29) is 5.75 Å². The zero-order valence-electron chi connectivity index (χ0n) is 14.0. The highest BCUT2D eigenvalue weighted by Gasteiger charge is 2.14. The highest BCUT2D eigenvalue weighted by Crippen LogP contribution is 2.39. The lowest BCUT2D eigenvalue weighted by Gasteiger charge is -2.15. The van der Waals surface area contributed by atoms with Crippen molar-refractivity contribution in [2.45, 2.75) is 6.92 Å². The van der Waals surface area contributed by atoms with Crippen LogP contribution in [-0.2, 0) is 0 Å². The van der Waals surface area contributed by atoms with Gasteiger partial charge >= 0.3 is 6.03 Å². The van der Waals surface area contributed by atoms with Crippen molar-refractivity contribution >= 4 is 17.4 Å². The van der Waals surface area contributed by atoms with Crippen LogP contribution in [0.15, 0.2) is 30.3 Å². The number of urea groups is 1. The molecule has 0 spiro atoms. The molecule has 24 heavy (non-hydrogen) atoms. The van der Waals surface area contributed by atoms with Crippen LogP contribution in [0.3, 0.4) is 0 Å². The summed E-state index contributed by atoms with van der Waals surface area (Å²) < 4.78 is 15.7. The summed E-state index contributed by atoms with van der Waals surface area (Å²) in [5.74, 6) is 1.46. The summed E-state index contributed by atoms with van der Waals surface area (Å²) in [6, 6.07) is 7.52. The molecule has 0 bridgehead atoms. The number of nitrogens with one attached hydrogen (secondary N) is 2. The minimum Gasteiger partial charge on any atom is -0.508 e. The second-order valence-corrected chi connectivity index (χ2v) is 4.99. The molecule has 0 aliphatic rings. The number of aryl methyl sites for hydroxylation is 1. The quantitative estimate of drug-likeness (QED) is 0.731. The third-order valence-electron chi connectivity index (χ3n) is 3.38. The van der Waals surface area contributed by atoms with Gasteiger partial charge in [-0.1, -0.05) is 0 Å². The first-order chi connectivity index (χ1) is 11.5. The summed E-state index contributed by atoms with van der Waals surface area (Å²) in [6.45, 7) is 1.79. The highest BCUT2D eigenvalue weighted by molar-refractivity contribution is 6.00. The average Bonchev–Trinajstić information content (AvgIpc) is 2.56. The molecule has 2 amide bonds. The second kappa shape index (κ2) is 7.45. The minimum absolute atomic E-state index is 0.142. The average molecular weight is 332 g/mol. The molecule has 2 aromatic rings. The Kier molecular flexibility index (Phi) is 5.36. The van der Waals surface area contributed by atoms with Crippen molar-refractivity contribution in [2.24, 2.45) is 0 Å². The summed E-state index contributed by atoms with van der Waals surface area (Å²) in [4.78, 5) is 12.2. The van der Waals surface area contributed by atoms with Crippen LogP contribution >= 0.6 is 0 Å². The summed E-state index contributed by atoms with van der Waals surface area (Å²) in [6.07, 6.45) is 0. The predicted molar refractivity (Wildman–Crippen MR) is 91.6 cm³/mol. The molecule has 0 saturated heterocycles. The smallest absolute Gasteiger partial charge is 0.323 e. The molecule has 3 N–H and O–H groups in total. The van der Waals surface area contributed by atoms with Gasteiger partial charge in [-0.25, -0.2) is 4.79 Å². The lowest BCUT2D eigenvalue weighted by molar-refractivity contribution is 0.262. The van der Waals surface area contributed by atoms with Crippen LogP contribution in [0.25, 0.3) is 0 Å². The van der Waals surface area contributed by atoms with Gasteiger partial charge in [0.2, 0.25) is 5.75 Å².